The molecular weight excluding hydrogens is 406 g/mol. The molecule has 3 heterocycles. The lowest BCUT2D eigenvalue weighted by Gasteiger charge is -2.08. The van der Waals surface area contributed by atoms with Crippen LogP contribution < -0.4 is 14.8 Å². The molecular formula is C17H12BrN3O3S. The molecule has 0 saturated heterocycles. The minimum Gasteiger partial charge on any atom is -0.454 e. The minimum absolute atomic E-state index is 0.204. The van der Waals surface area contributed by atoms with Crippen LogP contribution in [0.25, 0.3) is 11.1 Å². The van der Waals surface area contributed by atoms with Crippen LogP contribution in [0.4, 0.5) is 5.82 Å². The summed E-state index contributed by atoms with van der Waals surface area (Å²) in [6.45, 7) is 2.08. The Balaban J connectivity index is 1.57. The van der Waals surface area contributed by atoms with Crippen LogP contribution in [0.5, 0.6) is 11.5 Å². The normalized spacial score (nSPS) is 12.2. The summed E-state index contributed by atoms with van der Waals surface area (Å²) in [5.41, 5.74) is 2.69. The SMILES string of the molecule is Cc1cnsc1C(=O)Nc1ccc(-c2cc3c(cc2Br)OCO3)cn1. The van der Waals surface area contributed by atoms with E-state index in [9.17, 15) is 4.79 Å². The van der Waals surface area contributed by atoms with Gasteiger partial charge >= 0.3 is 0 Å². The number of benzene rings is 1. The molecule has 0 aliphatic carbocycles. The van der Waals surface area contributed by atoms with Gasteiger partial charge in [0.2, 0.25) is 6.79 Å². The largest absolute Gasteiger partial charge is 0.454 e. The molecule has 0 atom stereocenters. The molecule has 1 N–H and O–H groups in total. The maximum atomic E-state index is 12.2. The monoisotopic (exact) mass is 417 g/mol. The summed E-state index contributed by atoms with van der Waals surface area (Å²) in [6, 6.07) is 7.44. The van der Waals surface area contributed by atoms with Gasteiger partial charge in [0.05, 0.1) is 0 Å². The van der Waals surface area contributed by atoms with E-state index in [4.69, 9.17) is 9.47 Å². The summed E-state index contributed by atoms with van der Waals surface area (Å²) < 4.78 is 15.7. The van der Waals surface area contributed by atoms with Gasteiger partial charge < -0.3 is 14.8 Å². The van der Waals surface area contributed by atoms with Crippen LogP contribution in [-0.4, -0.2) is 22.1 Å². The van der Waals surface area contributed by atoms with E-state index >= 15 is 0 Å². The van der Waals surface area contributed by atoms with Crippen LogP contribution >= 0.6 is 27.5 Å². The van der Waals surface area contributed by atoms with Crippen molar-refractivity contribution < 1.29 is 14.3 Å². The van der Waals surface area contributed by atoms with Gasteiger partial charge in [0.25, 0.3) is 5.91 Å². The van der Waals surface area contributed by atoms with Crippen LogP contribution in [0.15, 0.2) is 41.1 Å². The highest BCUT2D eigenvalue weighted by Crippen LogP contribution is 2.40. The molecule has 8 heteroatoms. The summed E-state index contributed by atoms with van der Waals surface area (Å²) in [6.07, 6.45) is 3.38. The van der Waals surface area contributed by atoms with E-state index in [1.807, 2.05) is 25.1 Å². The van der Waals surface area contributed by atoms with Gasteiger partial charge in [-0.25, -0.2) is 9.36 Å². The number of fused-ring (bicyclic) bond motifs is 1. The first-order valence-electron chi connectivity index (χ1n) is 7.40. The van der Waals surface area contributed by atoms with Crippen molar-refractivity contribution in [2.24, 2.45) is 0 Å². The van der Waals surface area contributed by atoms with Crippen LogP contribution in [0.1, 0.15) is 15.2 Å². The molecule has 0 radical (unpaired) electrons. The number of carbonyl (C=O) groups is 1. The van der Waals surface area contributed by atoms with E-state index in [2.05, 4.69) is 30.6 Å². The Morgan fingerprint density at radius 3 is 2.72 bits per heavy atom. The number of halogens is 1. The van der Waals surface area contributed by atoms with E-state index in [0.717, 1.165) is 21.2 Å². The standard InChI is InChI=1S/C17H12BrN3O3S/c1-9-6-20-25-16(9)17(22)21-15-3-2-10(7-19-15)11-4-13-14(5-12(11)18)24-8-23-13/h2-7H,8H2,1H3,(H,19,21,22). The van der Waals surface area contributed by atoms with Crippen molar-refractivity contribution in [1.82, 2.24) is 9.36 Å². The Kier molecular flexibility index (Phi) is 4.14. The van der Waals surface area contributed by atoms with Gasteiger partial charge in [-0.3, -0.25) is 4.79 Å². The first kappa shape index (κ1) is 16.0. The summed E-state index contributed by atoms with van der Waals surface area (Å²) in [5.74, 6) is 1.70. The third kappa shape index (κ3) is 3.10. The second kappa shape index (κ2) is 6.45. The first-order chi connectivity index (χ1) is 12.1. The molecule has 3 aromatic rings. The predicted molar refractivity (Wildman–Crippen MR) is 98.3 cm³/mol. The molecule has 0 fully saturated rings. The summed E-state index contributed by atoms with van der Waals surface area (Å²) in [4.78, 5) is 17.1. The molecule has 0 bridgehead atoms. The van der Waals surface area contributed by atoms with Crippen molar-refractivity contribution in [3.05, 3.63) is 51.6 Å². The molecule has 2 aromatic heterocycles. The Morgan fingerprint density at radius 1 is 1.24 bits per heavy atom. The number of hydrogen-bond acceptors (Lipinski definition) is 6. The zero-order chi connectivity index (χ0) is 17.4. The molecule has 0 unspecified atom stereocenters. The van der Waals surface area contributed by atoms with Gasteiger partial charge in [0.1, 0.15) is 10.7 Å². The molecule has 126 valence electrons. The van der Waals surface area contributed by atoms with Crippen molar-refractivity contribution in [2.45, 2.75) is 6.92 Å². The lowest BCUT2D eigenvalue weighted by molar-refractivity contribution is 0.102. The van der Waals surface area contributed by atoms with Crippen molar-refractivity contribution in [2.75, 3.05) is 12.1 Å². The number of aryl methyl sites for hydroxylation is 1. The van der Waals surface area contributed by atoms with E-state index < -0.39 is 0 Å². The van der Waals surface area contributed by atoms with Crippen LogP contribution in [-0.2, 0) is 0 Å². The first-order valence-corrected chi connectivity index (χ1v) is 8.96. The maximum absolute atomic E-state index is 12.2. The molecule has 4 rings (SSSR count). The smallest absolute Gasteiger partial charge is 0.268 e. The number of rotatable bonds is 3. The highest BCUT2D eigenvalue weighted by Gasteiger charge is 2.17. The summed E-state index contributed by atoms with van der Waals surface area (Å²) in [5, 5.41) is 2.78. The molecule has 1 aliphatic heterocycles. The molecule has 1 aliphatic rings. The van der Waals surface area contributed by atoms with E-state index in [0.29, 0.717) is 22.2 Å². The average Bonchev–Trinajstić information content (AvgIpc) is 3.23. The van der Waals surface area contributed by atoms with Crippen LogP contribution in [0, 0.1) is 6.92 Å². The van der Waals surface area contributed by atoms with Crippen LogP contribution in [0.2, 0.25) is 0 Å². The second-order valence-electron chi connectivity index (χ2n) is 5.41. The molecule has 6 nitrogen and oxygen atoms in total. The van der Waals surface area contributed by atoms with Gasteiger partial charge in [-0.1, -0.05) is 15.9 Å². The second-order valence-corrected chi connectivity index (χ2v) is 7.07. The Labute approximate surface area is 156 Å². The molecule has 0 spiro atoms. The zero-order valence-corrected chi connectivity index (χ0v) is 15.5. The van der Waals surface area contributed by atoms with E-state index in [1.165, 1.54) is 11.5 Å². The fourth-order valence-electron chi connectivity index (χ4n) is 2.45. The van der Waals surface area contributed by atoms with E-state index in [-0.39, 0.29) is 12.7 Å². The van der Waals surface area contributed by atoms with Crippen molar-refractivity contribution in [3.63, 3.8) is 0 Å². The van der Waals surface area contributed by atoms with Gasteiger partial charge in [-0.05, 0) is 48.3 Å². The topological polar surface area (TPSA) is 73.3 Å². The van der Waals surface area contributed by atoms with Crippen molar-refractivity contribution in [1.29, 1.82) is 0 Å². The number of aromatic nitrogens is 2. The van der Waals surface area contributed by atoms with Gasteiger partial charge in [0.15, 0.2) is 11.5 Å². The maximum Gasteiger partial charge on any atom is 0.268 e. The average molecular weight is 418 g/mol. The molecule has 1 amide bonds. The molecule has 0 saturated carbocycles. The summed E-state index contributed by atoms with van der Waals surface area (Å²) in [7, 11) is 0. The van der Waals surface area contributed by atoms with Gasteiger partial charge in [-0.2, -0.15) is 0 Å². The highest BCUT2D eigenvalue weighted by molar-refractivity contribution is 9.10. The zero-order valence-electron chi connectivity index (χ0n) is 13.1. The fraction of sp³-hybridized carbons (Fsp3) is 0.118. The van der Waals surface area contributed by atoms with Crippen LogP contribution in [0.3, 0.4) is 0 Å². The van der Waals surface area contributed by atoms with Crippen molar-refractivity contribution >= 4 is 39.2 Å². The fourth-order valence-corrected chi connectivity index (χ4v) is 3.65. The van der Waals surface area contributed by atoms with Gasteiger partial charge in [0, 0.05) is 28.0 Å². The van der Waals surface area contributed by atoms with E-state index in [1.54, 1.807) is 18.5 Å². The number of nitrogens with one attached hydrogen (secondary N) is 1. The number of anilines is 1. The third-order valence-electron chi connectivity index (χ3n) is 3.73. The quantitative estimate of drug-likeness (QED) is 0.688. The molecule has 1 aromatic carbocycles. The predicted octanol–water partition coefficient (Wildman–Crippen LogP) is 4.26. The lowest BCUT2D eigenvalue weighted by Crippen LogP contribution is -2.12. The molecule has 25 heavy (non-hydrogen) atoms. The van der Waals surface area contributed by atoms with Crippen molar-refractivity contribution in [3.8, 4) is 22.6 Å². The Bertz CT molecular complexity index is 956. The van der Waals surface area contributed by atoms with Gasteiger partial charge in [-0.15, -0.1) is 0 Å². The number of pyridine rings is 1. The third-order valence-corrected chi connectivity index (χ3v) is 5.29. The summed E-state index contributed by atoms with van der Waals surface area (Å²) >= 11 is 4.71. The Hall–Kier alpha value is -2.45. The number of carbonyl (C=O) groups excluding carboxylic acids is 1. The number of hydrogen-bond donors (Lipinski definition) is 1. The minimum atomic E-state index is -0.204. The number of amides is 1. The Morgan fingerprint density at radius 2 is 2.04 bits per heavy atom. The number of ether oxygens (including phenoxy) is 2. The highest BCUT2D eigenvalue weighted by atomic mass is 79.9. The number of nitrogens with zero attached hydrogens (tertiary/aromatic N) is 2. The lowest BCUT2D eigenvalue weighted by atomic mass is 10.1.